The topological polar surface area (TPSA) is 101 Å². The molecule has 124 valence electrons. The maximum atomic E-state index is 12.4. The van der Waals surface area contributed by atoms with E-state index in [1.165, 1.54) is 12.1 Å². The number of aromatic amines is 1. The van der Waals surface area contributed by atoms with Crippen LogP contribution in [0.15, 0.2) is 21.5 Å². The highest BCUT2D eigenvalue weighted by molar-refractivity contribution is 5.95. The zero-order valence-electron chi connectivity index (χ0n) is 13.8. The second-order valence-corrected chi connectivity index (χ2v) is 5.91. The number of aromatic nitrogens is 3. The van der Waals surface area contributed by atoms with Crippen LogP contribution in [0.25, 0.3) is 0 Å². The number of rotatable bonds is 6. The van der Waals surface area contributed by atoms with Gasteiger partial charge in [-0.25, -0.2) is 0 Å². The minimum Gasteiger partial charge on any atom is -0.340 e. The van der Waals surface area contributed by atoms with Crippen LogP contribution in [0.2, 0.25) is 0 Å². The maximum Gasteiger partial charge on any atom is 0.253 e. The summed E-state index contributed by atoms with van der Waals surface area (Å²) in [7, 11) is 0. The molecule has 0 spiro atoms. The summed E-state index contributed by atoms with van der Waals surface area (Å²) in [6.07, 6.45) is 1.29. The van der Waals surface area contributed by atoms with Crippen LogP contribution in [0.4, 0.5) is 0 Å². The van der Waals surface area contributed by atoms with Gasteiger partial charge in [0.2, 0.25) is 11.4 Å². The third-order valence-corrected chi connectivity index (χ3v) is 3.39. The van der Waals surface area contributed by atoms with Crippen molar-refractivity contribution in [2.24, 2.45) is 5.92 Å². The summed E-state index contributed by atoms with van der Waals surface area (Å²) in [5, 5.41) is 6.73. The predicted octanol–water partition coefficient (Wildman–Crippen LogP) is 2.01. The van der Waals surface area contributed by atoms with Gasteiger partial charge in [-0.1, -0.05) is 25.9 Å². The van der Waals surface area contributed by atoms with Crippen molar-refractivity contribution in [1.29, 1.82) is 0 Å². The lowest BCUT2D eigenvalue weighted by atomic mass is 10.1. The first-order valence-corrected chi connectivity index (χ1v) is 7.76. The van der Waals surface area contributed by atoms with E-state index in [0.29, 0.717) is 35.3 Å². The van der Waals surface area contributed by atoms with Gasteiger partial charge in [-0.2, -0.15) is 4.98 Å². The van der Waals surface area contributed by atoms with E-state index in [1.807, 2.05) is 6.92 Å². The van der Waals surface area contributed by atoms with Crippen molar-refractivity contribution in [3.05, 3.63) is 45.5 Å². The van der Waals surface area contributed by atoms with Crippen LogP contribution in [0.3, 0.4) is 0 Å². The number of nitrogens with one attached hydrogen (secondary N) is 2. The Morgan fingerprint density at radius 1 is 1.35 bits per heavy atom. The van der Waals surface area contributed by atoms with Crippen molar-refractivity contribution in [2.75, 3.05) is 0 Å². The highest BCUT2D eigenvalue weighted by Crippen LogP contribution is 2.13. The molecule has 1 amide bonds. The molecule has 2 N–H and O–H groups in total. The molecule has 7 heteroatoms. The molecule has 0 saturated heterocycles. The summed E-state index contributed by atoms with van der Waals surface area (Å²) in [5.41, 5.74) is 0.829. The van der Waals surface area contributed by atoms with E-state index in [9.17, 15) is 9.59 Å². The Labute approximate surface area is 134 Å². The number of hydrogen-bond donors (Lipinski definition) is 2. The Balaban J connectivity index is 2.10. The highest BCUT2D eigenvalue weighted by atomic mass is 16.5. The van der Waals surface area contributed by atoms with Gasteiger partial charge in [0.1, 0.15) is 6.04 Å². The van der Waals surface area contributed by atoms with Gasteiger partial charge in [0.05, 0.1) is 5.56 Å². The van der Waals surface area contributed by atoms with Crippen LogP contribution in [0.5, 0.6) is 0 Å². The van der Waals surface area contributed by atoms with E-state index in [-0.39, 0.29) is 11.5 Å². The number of pyridine rings is 1. The lowest BCUT2D eigenvalue weighted by Gasteiger charge is -2.11. The summed E-state index contributed by atoms with van der Waals surface area (Å²) in [5.74, 6) is 1.15. The normalized spacial score (nSPS) is 12.4. The number of H-pyrrole nitrogens is 1. The first-order chi connectivity index (χ1) is 10.9. The van der Waals surface area contributed by atoms with E-state index in [1.54, 1.807) is 6.92 Å². The zero-order valence-corrected chi connectivity index (χ0v) is 13.8. The quantitative estimate of drug-likeness (QED) is 0.848. The zero-order chi connectivity index (χ0) is 17.0. The number of hydrogen-bond acceptors (Lipinski definition) is 5. The van der Waals surface area contributed by atoms with Gasteiger partial charge in [0.25, 0.3) is 5.91 Å². The molecule has 23 heavy (non-hydrogen) atoms. The molecule has 2 heterocycles. The minimum atomic E-state index is -0.410. The van der Waals surface area contributed by atoms with Crippen LogP contribution in [0, 0.1) is 5.92 Å². The summed E-state index contributed by atoms with van der Waals surface area (Å²) in [4.78, 5) is 30.7. The molecule has 2 aromatic rings. The number of amides is 1. The molecule has 0 radical (unpaired) electrons. The van der Waals surface area contributed by atoms with Crippen molar-refractivity contribution in [2.45, 2.75) is 46.6 Å². The van der Waals surface area contributed by atoms with Crippen molar-refractivity contribution in [3.63, 3.8) is 0 Å². The number of carbonyl (C=O) groups is 1. The highest BCUT2D eigenvalue weighted by Gasteiger charge is 2.19. The molecule has 0 aliphatic carbocycles. The standard InChI is InChI=1S/C16H22N4O3/c1-5-12-11(6-7-14(21)18-12)15(22)17-10(4)16-19-13(20-23-16)8-9(2)3/h6-7,9-10H,5,8H2,1-4H3,(H,17,22)(H,18,21). The van der Waals surface area contributed by atoms with Crippen molar-refractivity contribution < 1.29 is 9.32 Å². The molecule has 0 saturated carbocycles. The third-order valence-electron chi connectivity index (χ3n) is 3.39. The molecular formula is C16H22N4O3. The Kier molecular flexibility index (Phi) is 5.31. The Bertz CT molecular complexity index is 733. The molecule has 0 aliphatic heterocycles. The van der Waals surface area contributed by atoms with Gasteiger partial charge in [-0.05, 0) is 25.3 Å². The Morgan fingerprint density at radius 2 is 2.09 bits per heavy atom. The SMILES string of the molecule is CCc1[nH]c(=O)ccc1C(=O)NC(C)c1nc(CC(C)C)no1. The van der Waals surface area contributed by atoms with Crippen LogP contribution in [0.1, 0.15) is 61.5 Å². The van der Waals surface area contributed by atoms with Gasteiger partial charge in [-0.3, -0.25) is 9.59 Å². The molecule has 7 nitrogen and oxygen atoms in total. The molecule has 1 unspecified atom stereocenters. The second kappa shape index (κ2) is 7.21. The van der Waals surface area contributed by atoms with E-state index in [4.69, 9.17) is 4.52 Å². The smallest absolute Gasteiger partial charge is 0.253 e. The Morgan fingerprint density at radius 3 is 2.74 bits per heavy atom. The second-order valence-electron chi connectivity index (χ2n) is 5.91. The molecular weight excluding hydrogens is 296 g/mol. The van der Waals surface area contributed by atoms with Crippen molar-refractivity contribution in [1.82, 2.24) is 20.4 Å². The van der Waals surface area contributed by atoms with Crippen molar-refractivity contribution in [3.8, 4) is 0 Å². The Hall–Kier alpha value is -2.44. The van der Waals surface area contributed by atoms with Crippen LogP contribution in [-0.4, -0.2) is 21.0 Å². The predicted molar refractivity (Wildman–Crippen MR) is 85.2 cm³/mol. The molecule has 0 aromatic carbocycles. The first kappa shape index (κ1) is 16.9. The third kappa shape index (κ3) is 4.28. The monoisotopic (exact) mass is 318 g/mol. The number of carbonyl (C=O) groups excluding carboxylic acids is 1. The fourth-order valence-corrected chi connectivity index (χ4v) is 2.24. The van der Waals surface area contributed by atoms with Crippen molar-refractivity contribution >= 4 is 5.91 Å². The lowest BCUT2D eigenvalue weighted by Crippen LogP contribution is -2.29. The number of aryl methyl sites for hydroxylation is 1. The summed E-state index contributed by atoms with van der Waals surface area (Å²) in [6, 6.07) is 2.46. The van der Waals surface area contributed by atoms with Crippen LogP contribution < -0.4 is 10.9 Å². The summed E-state index contributed by atoms with van der Waals surface area (Å²) in [6.45, 7) is 7.80. The molecule has 2 rings (SSSR count). The van der Waals surface area contributed by atoms with Crippen LogP contribution >= 0.6 is 0 Å². The van der Waals surface area contributed by atoms with E-state index in [0.717, 1.165) is 6.42 Å². The molecule has 0 aliphatic rings. The van der Waals surface area contributed by atoms with Gasteiger partial charge in [-0.15, -0.1) is 0 Å². The van der Waals surface area contributed by atoms with E-state index in [2.05, 4.69) is 34.3 Å². The van der Waals surface area contributed by atoms with E-state index < -0.39 is 6.04 Å². The molecule has 1 atom stereocenters. The first-order valence-electron chi connectivity index (χ1n) is 7.76. The minimum absolute atomic E-state index is 0.221. The molecule has 0 fully saturated rings. The molecule has 2 aromatic heterocycles. The van der Waals surface area contributed by atoms with Gasteiger partial charge >= 0.3 is 0 Å². The van der Waals surface area contributed by atoms with Gasteiger partial charge in [0.15, 0.2) is 5.82 Å². The summed E-state index contributed by atoms with van der Waals surface area (Å²) >= 11 is 0. The van der Waals surface area contributed by atoms with Crippen LogP contribution in [-0.2, 0) is 12.8 Å². The lowest BCUT2D eigenvalue weighted by molar-refractivity contribution is 0.0931. The fraction of sp³-hybridized carbons (Fsp3) is 0.500. The number of nitrogens with zero attached hydrogens (tertiary/aromatic N) is 2. The molecule has 0 bridgehead atoms. The largest absolute Gasteiger partial charge is 0.340 e. The van der Waals surface area contributed by atoms with Gasteiger partial charge in [0, 0.05) is 18.2 Å². The van der Waals surface area contributed by atoms with E-state index >= 15 is 0 Å². The average Bonchev–Trinajstić information content (AvgIpc) is 2.94. The maximum absolute atomic E-state index is 12.4. The fourth-order valence-electron chi connectivity index (χ4n) is 2.24. The average molecular weight is 318 g/mol. The summed E-state index contributed by atoms with van der Waals surface area (Å²) < 4.78 is 5.21. The van der Waals surface area contributed by atoms with Gasteiger partial charge < -0.3 is 14.8 Å².